The molecule has 0 aromatic carbocycles. The third kappa shape index (κ3) is 19.4. The Kier molecular flexibility index (Phi) is 16.6. The zero-order valence-corrected chi connectivity index (χ0v) is 22.7. The Morgan fingerprint density at radius 2 is 1.32 bits per heavy atom. The zero-order valence-electron chi connectivity index (χ0n) is 17.2. The topological polar surface area (TPSA) is 338 Å². The van der Waals surface area contributed by atoms with Crippen LogP contribution in [0, 0.1) is 0 Å². The largest absolute Gasteiger partial charge is 0.466 e. The fourth-order valence-electron chi connectivity index (χ4n) is 2.15. The first-order chi connectivity index (χ1) is 15.0. The molecule has 0 aliphatic carbocycles. The molecule has 24 heteroatoms. The van der Waals surface area contributed by atoms with Crippen molar-refractivity contribution < 1.29 is 72.7 Å². The normalized spacial score (nSPS) is 22.4. The number of aromatic amines is 1. The van der Waals surface area contributed by atoms with E-state index in [4.69, 9.17) is 62.5 Å². The summed E-state index contributed by atoms with van der Waals surface area (Å²) in [6.45, 7) is 0. The van der Waals surface area contributed by atoms with E-state index in [1.807, 2.05) is 0 Å². The Morgan fingerprint density at radius 3 is 1.62 bits per heavy atom. The van der Waals surface area contributed by atoms with Gasteiger partial charge in [0, 0.05) is 0 Å². The first kappa shape index (κ1) is 36.4. The van der Waals surface area contributed by atoms with Crippen molar-refractivity contribution in [1.82, 2.24) is 8.96 Å². The van der Waals surface area contributed by atoms with Gasteiger partial charge in [-0.05, 0) is 0 Å². The van der Waals surface area contributed by atoms with Gasteiger partial charge in [-0.3, -0.25) is 0 Å². The van der Waals surface area contributed by atoms with Crippen LogP contribution < -0.4 is 11.2 Å². The minimum Gasteiger partial charge on any atom is -0.303 e. The molecule has 1 aromatic heterocycles. The summed E-state index contributed by atoms with van der Waals surface area (Å²) in [5.74, 6) is 0. The van der Waals surface area contributed by atoms with Crippen LogP contribution in [0.4, 0.5) is 0 Å². The number of aliphatic hydroxyl groups is 2. The van der Waals surface area contributed by atoms with E-state index in [-0.39, 0.29) is 5.56 Å². The summed E-state index contributed by atoms with van der Waals surface area (Å²) in [4.78, 5) is 90.1. The van der Waals surface area contributed by atoms with Crippen molar-refractivity contribution in [1.29, 1.82) is 0 Å². The van der Waals surface area contributed by atoms with Gasteiger partial charge in [0.15, 0.2) is 0 Å². The van der Waals surface area contributed by atoms with Crippen LogP contribution in [0.3, 0.4) is 0 Å². The van der Waals surface area contributed by atoms with Crippen molar-refractivity contribution in [3.8, 4) is 0 Å². The summed E-state index contributed by atoms with van der Waals surface area (Å²) in [5.41, 5.74) is -0.979. The number of H-pyrrole nitrogens is 1. The quantitative estimate of drug-likeness (QED) is 0.117. The first-order valence-corrected chi connectivity index (χ1v) is 15.6. The van der Waals surface area contributed by atoms with E-state index in [9.17, 15) is 19.8 Å². The van der Waals surface area contributed by atoms with Gasteiger partial charge in [-0.25, -0.2) is 13.7 Å². The smallest absolute Gasteiger partial charge is 0.303 e. The molecule has 0 amide bonds. The number of aromatic nitrogens is 2. The van der Waals surface area contributed by atoms with Crippen LogP contribution in [0.15, 0.2) is 15.8 Å². The average molecular weight is 590 g/mol. The molecule has 4 atom stereocenters. The number of rotatable bonds is 3. The van der Waals surface area contributed by atoms with E-state index in [1.165, 1.54) is 10.2 Å². The molecule has 0 spiro atoms. The number of ether oxygens (including phenoxy) is 1. The van der Waals surface area contributed by atoms with E-state index in [2.05, 4.69) is 4.98 Å². The Morgan fingerprint density at radius 1 is 0.941 bits per heavy atom. The van der Waals surface area contributed by atoms with Crippen molar-refractivity contribution in [3.63, 3.8) is 0 Å². The summed E-state index contributed by atoms with van der Waals surface area (Å²) < 4.78 is 34.1. The van der Waals surface area contributed by atoms with Gasteiger partial charge < -0.3 is 44.0 Å². The predicted octanol–water partition coefficient (Wildman–Crippen LogP) is -4.37. The van der Waals surface area contributed by atoms with Gasteiger partial charge in [0.2, 0.25) is 0 Å². The summed E-state index contributed by atoms with van der Waals surface area (Å²) in [5, 5.41) is 19.8. The molecule has 1 aromatic rings. The molecule has 1 fully saturated rings. The molecule has 0 unspecified atom stereocenters. The van der Waals surface area contributed by atoms with Crippen LogP contribution in [0.5, 0.6) is 0 Å². The van der Waals surface area contributed by atoms with Crippen LogP contribution in [-0.2, 0) is 18.4 Å². The number of hydrogen-bond acceptors (Lipinski definition) is 9. The van der Waals surface area contributed by atoms with Gasteiger partial charge in [-0.1, -0.05) is 0 Å². The first-order valence-electron chi connectivity index (χ1n) is 8.26. The molecule has 19 nitrogen and oxygen atoms in total. The third-order valence-corrected chi connectivity index (χ3v) is 4.68. The van der Waals surface area contributed by atoms with E-state index in [1.54, 1.807) is 6.26 Å². The Labute approximate surface area is 211 Å². The van der Waals surface area contributed by atoms with Crippen LogP contribution in [0.1, 0.15) is 11.7 Å². The molecule has 2 rings (SSSR count). The minimum atomic E-state index is -4.64. The van der Waals surface area contributed by atoms with Gasteiger partial charge in [0.05, 0.1) is 0 Å². The summed E-state index contributed by atoms with van der Waals surface area (Å²) >= 11 is 1.95. The number of aliphatic hydroxyl groups excluding tert-OH is 2. The second kappa shape index (κ2) is 15.5. The SMILES string of the molecule is CSn1cc([C@@H]2O[C@@H]([CH2][Na])[C@@H](O)[C@H]2O)c(=O)[nH]c1=O.O=P(O)(O)O.O=P(O)(O)O.O=P(O)(O)O. The maximum Gasteiger partial charge on any atom is 0.466 e. The van der Waals surface area contributed by atoms with Gasteiger partial charge in [-0.2, -0.15) is 0 Å². The number of hydrogen-bond donors (Lipinski definition) is 12. The van der Waals surface area contributed by atoms with Crippen molar-refractivity contribution >= 4 is 63.3 Å². The fourth-order valence-corrected chi connectivity index (χ4v) is 3.26. The van der Waals surface area contributed by atoms with Crippen molar-refractivity contribution in [2.45, 2.75) is 28.1 Å². The predicted molar refractivity (Wildman–Crippen MR) is 113 cm³/mol. The van der Waals surface area contributed by atoms with Crippen LogP contribution in [0.2, 0.25) is 3.67 Å². The molecule has 0 radical (unpaired) electrons. The maximum absolute atomic E-state index is 11.8. The molecule has 1 aliphatic rings. The summed E-state index contributed by atoms with van der Waals surface area (Å²) in [6, 6.07) is 0. The minimum absolute atomic E-state index is 0.151. The monoisotopic (exact) mass is 590 g/mol. The van der Waals surface area contributed by atoms with Gasteiger partial charge in [0.1, 0.15) is 0 Å². The molecule has 12 N–H and O–H groups in total. The van der Waals surface area contributed by atoms with Gasteiger partial charge >= 0.3 is 154 Å². The Balaban J connectivity index is 0. The third-order valence-electron chi connectivity index (χ3n) is 3.21. The van der Waals surface area contributed by atoms with E-state index < -0.39 is 59.1 Å². The van der Waals surface area contributed by atoms with Crippen molar-refractivity contribution in [3.05, 3.63) is 32.6 Å². The Bertz CT molecular complexity index is 943. The van der Waals surface area contributed by atoms with Gasteiger partial charge in [-0.15, -0.1) is 0 Å². The van der Waals surface area contributed by atoms with Gasteiger partial charge in [0.25, 0.3) is 0 Å². The fraction of sp³-hybridized carbons (Fsp3) is 0.600. The molecule has 0 saturated carbocycles. The molecule has 1 aliphatic heterocycles. The molecule has 2 heterocycles. The number of phosphoric acid groups is 3. The second-order valence-corrected chi connectivity index (χ2v) is 10.5. The summed E-state index contributed by atoms with van der Waals surface area (Å²) in [6.07, 6.45) is -0.492. The maximum atomic E-state index is 11.8. The van der Waals surface area contributed by atoms with E-state index in [0.717, 1.165) is 39.9 Å². The molecule has 1 saturated heterocycles. The van der Waals surface area contributed by atoms with Crippen molar-refractivity contribution in [2.24, 2.45) is 0 Å². The van der Waals surface area contributed by atoms with E-state index in [0.29, 0.717) is 3.67 Å². The molecular weight excluding hydrogens is 568 g/mol. The van der Waals surface area contributed by atoms with Crippen molar-refractivity contribution in [2.75, 3.05) is 6.26 Å². The number of nitrogens with zero attached hydrogens (tertiary/aromatic N) is 1. The molecule has 0 bridgehead atoms. The second-order valence-electron chi connectivity index (χ2n) is 5.88. The van der Waals surface area contributed by atoms with Crippen LogP contribution in [0.25, 0.3) is 0 Å². The molecule has 196 valence electrons. The summed E-state index contributed by atoms with van der Waals surface area (Å²) in [7, 11) is -13.9. The molecule has 34 heavy (non-hydrogen) atoms. The van der Waals surface area contributed by atoms with Crippen LogP contribution >= 0.6 is 35.4 Å². The zero-order chi connectivity index (χ0) is 27.7. The van der Waals surface area contributed by atoms with Crippen LogP contribution in [-0.4, -0.2) is 116 Å². The molecular formula is C10H22N2NaO17P3S. The average Bonchev–Trinajstić information content (AvgIpc) is 2.86. The van der Waals surface area contributed by atoms with E-state index >= 15 is 0 Å². The standard InChI is InChI=1S/C10H13N2O5S.Na.3H3O4P/c1-4-6(13)7(14)8(17-4)5-3-12(18-2)10(16)11-9(5)15;;3*1-5(2,3)4/h3-4,6-8,13-14H,1H2,2H3,(H,11,15,16);;3*(H3,1,2,3,4)/t4-,6+,7+,8-;;;;/m0..../s1. The Hall–Kier alpha value is 0.240. The number of nitrogens with one attached hydrogen (secondary N) is 1.